The second-order valence-electron chi connectivity index (χ2n) is 3.10. The Hall–Kier alpha value is -0.760. The van der Waals surface area contributed by atoms with E-state index in [2.05, 4.69) is 22.4 Å². The second-order valence-corrected chi connectivity index (χ2v) is 3.10. The normalized spacial score (nSPS) is 30.7. The van der Waals surface area contributed by atoms with Gasteiger partial charge in [-0.25, -0.2) is 0 Å². The van der Waals surface area contributed by atoms with Crippen LogP contribution in [-0.4, -0.2) is 24.2 Å². The van der Waals surface area contributed by atoms with Gasteiger partial charge in [0.05, 0.1) is 6.17 Å². The van der Waals surface area contributed by atoms with Gasteiger partial charge in [-0.2, -0.15) is 0 Å². The molecular weight excluding hydrogens is 136 g/mol. The summed E-state index contributed by atoms with van der Waals surface area (Å²) in [6, 6.07) is 0. The molecule has 11 heavy (non-hydrogen) atoms. The van der Waals surface area contributed by atoms with Crippen LogP contribution in [0.1, 0.15) is 12.8 Å². The van der Waals surface area contributed by atoms with Crippen LogP contribution in [0, 0.1) is 0 Å². The van der Waals surface area contributed by atoms with Gasteiger partial charge in [0.1, 0.15) is 0 Å². The molecule has 1 unspecified atom stereocenters. The topological polar surface area (TPSA) is 15.3 Å². The van der Waals surface area contributed by atoms with Crippen LogP contribution in [0.2, 0.25) is 0 Å². The molecule has 1 fully saturated rings. The minimum absolute atomic E-state index is 0.461. The molecule has 2 heterocycles. The fourth-order valence-corrected chi connectivity index (χ4v) is 1.68. The van der Waals surface area contributed by atoms with Gasteiger partial charge in [0.2, 0.25) is 0 Å². The van der Waals surface area contributed by atoms with Gasteiger partial charge in [0, 0.05) is 13.1 Å². The van der Waals surface area contributed by atoms with Crippen LogP contribution in [0.4, 0.5) is 0 Å². The van der Waals surface area contributed by atoms with E-state index in [4.69, 9.17) is 0 Å². The average molecular weight is 150 g/mol. The quantitative estimate of drug-likeness (QED) is 0.601. The average Bonchev–Trinajstić information content (AvgIpc) is 2.58. The van der Waals surface area contributed by atoms with Crippen LogP contribution < -0.4 is 5.32 Å². The summed E-state index contributed by atoms with van der Waals surface area (Å²) in [5.41, 5.74) is 0. The molecule has 2 heteroatoms. The van der Waals surface area contributed by atoms with E-state index >= 15 is 0 Å². The molecular formula is C9H14N2. The number of allylic oxidation sites excluding steroid dienone is 2. The maximum absolute atomic E-state index is 3.32. The first-order valence-electron chi connectivity index (χ1n) is 4.30. The third-order valence-electron chi connectivity index (χ3n) is 2.30. The number of hydrogen-bond donors (Lipinski definition) is 1. The number of rotatable bonds is 1. The Bertz CT molecular complexity index is 178. The predicted molar refractivity (Wildman–Crippen MR) is 46.0 cm³/mol. The highest BCUT2D eigenvalue weighted by atomic mass is 15.3. The van der Waals surface area contributed by atoms with E-state index in [0.29, 0.717) is 6.17 Å². The van der Waals surface area contributed by atoms with Crippen molar-refractivity contribution in [2.75, 3.05) is 13.1 Å². The van der Waals surface area contributed by atoms with Crippen molar-refractivity contribution in [1.82, 2.24) is 10.2 Å². The van der Waals surface area contributed by atoms with E-state index in [1.165, 1.54) is 25.9 Å². The van der Waals surface area contributed by atoms with Crippen LogP contribution in [0.3, 0.4) is 0 Å². The van der Waals surface area contributed by atoms with Gasteiger partial charge in [0.15, 0.2) is 0 Å². The summed E-state index contributed by atoms with van der Waals surface area (Å²) < 4.78 is 0. The molecule has 0 aromatic rings. The van der Waals surface area contributed by atoms with Gasteiger partial charge in [0.25, 0.3) is 0 Å². The Balaban J connectivity index is 1.94. The Morgan fingerprint density at radius 1 is 1.18 bits per heavy atom. The van der Waals surface area contributed by atoms with Crippen molar-refractivity contribution in [3.63, 3.8) is 0 Å². The molecule has 0 aliphatic carbocycles. The molecule has 2 aliphatic heterocycles. The van der Waals surface area contributed by atoms with Crippen molar-refractivity contribution in [3.05, 3.63) is 24.4 Å². The minimum atomic E-state index is 0.461. The molecule has 0 bridgehead atoms. The molecule has 1 saturated heterocycles. The van der Waals surface area contributed by atoms with Gasteiger partial charge in [-0.15, -0.1) is 0 Å². The van der Waals surface area contributed by atoms with Crippen LogP contribution >= 0.6 is 0 Å². The summed E-state index contributed by atoms with van der Waals surface area (Å²) in [4.78, 5) is 2.47. The summed E-state index contributed by atoms with van der Waals surface area (Å²) >= 11 is 0. The summed E-state index contributed by atoms with van der Waals surface area (Å²) in [5, 5.41) is 3.32. The van der Waals surface area contributed by atoms with Crippen molar-refractivity contribution < 1.29 is 0 Å². The van der Waals surface area contributed by atoms with E-state index in [1.807, 2.05) is 12.3 Å². The summed E-state index contributed by atoms with van der Waals surface area (Å²) in [5.74, 6) is 0. The maximum Gasteiger partial charge on any atom is 0.0984 e. The van der Waals surface area contributed by atoms with Crippen molar-refractivity contribution in [3.8, 4) is 0 Å². The number of hydrogen-bond acceptors (Lipinski definition) is 2. The summed E-state index contributed by atoms with van der Waals surface area (Å²) in [6.07, 6.45) is 11.5. The van der Waals surface area contributed by atoms with Gasteiger partial charge >= 0.3 is 0 Å². The van der Waals surface area contributed by atoms with Gasteiger partial charge in [-0.1, -0.05) is 6.08 Å². The standard InChI is InChI=1S/C9H14N2/c1-2-6-10-9(5-1)11-7-3-4-8-11/h1-2,5-6,9-10H,3-4,7-8H2. The van der Waals surface area contributed by atoms with E-state index < -0.39 is 0 Å². The lowest BCUT2D eigenvalue weighted by molar-refractivity contribution is 0.262. The molecule has 0 aromatic heterocycles. The third-order valence-corrected chi connectivity index (χ3v) is 2.30. The van der Waals surface area contributed by atoms with Crippen molar-refractivity contribution >= 4 is 0 Å². The van der Waals surface area contributed by atoms with Gasteiger partial charge < -0.3 is 5.32 Å². The van der Waals surface area contributed by atoms with Crippen LogP contribution in [0.15, 0.2) is 24.4 Å². The van der Waals surface area contributed by atoms with Crippen LogP contribution in [-0.2, 0) is 0 Å². The van der Waals surface area contributed by atoms with Gasteiger partial charge in [-0.3, -0.25) is 4.90 Å². The van der Waals surface area contributed by atoms with Crippen molar-refractivity contribution in [1.29, 1.82) is 0 Å². The van der Waals surface area contributed by atoms with Crippen LogP contribution in [0.5, 0.6) is 0 Å². The minimum Gasteiger partial charge on any atom is -0.372 e. The summed E-state index contributed by atoms with van der Waals surface area (Å²) in [7, 11) is 0. The highest BCUT2D eigenvalue weighted by Crippen LogP contribution is 2.12. The zero-order chi connectivity index (χ0) is 7.52. The lowest BCUT2D eigenvalue weighted by Gasteiger charge is -2.26. The van der Waals surface area contributed by atoms with E-state index in [1.54, 1.807) is 0 Å². The number of nitrogens with zero attached hydrogens (tertiary/aromatic N) is 1. The van der Waals surface area contributed by atoms with E-state index in [9.17, 15) is 0 Å². The predicted octanol–water partition coefficient (Wildman–Crippen LogP) is 1.08. The number of dihydropyridines is 1. The second kappa shape index (κ2) is 3.09. The highest BCUT2D eigenvalue weighted by molar-refractivity contribution is 5.11. The first-order chi connectivity index (χ1) is 5.47. The Morgan fingerprint density at radius 2 is 2.00 bits per heavy atom. The Kier molecular flexibility index (Phi) is 1.95. The van der Waals surface area contributed by atoms with Crippen LogP contribution in [0.25, 0.3) is 0 Å². The molecule has 0 amide bonds. The summed E-state index contributed by atoms with van der Waals surface area (Å²) in [6.45, 7) is 2.49. The third kappa shape index (κ3) is 1.46. The lowest BCUT2D eigenvalue weighted by atomic mass is 10.3. The van der Waals surface area contributed by atoms with Crippen molar-refractivity contribution in [2.45, 2.75) is 19.0 Å². The van der Waals surface area contributed by atoms with E-state index in [-0.39, 0.29) is 0 Å². The molecule has 1 N–H and O–H groups in total. The van der Waals surface area contributed by atoms with E-state index in [0.717, 1.165) is 0 Å². The first-order valence-corrected chi connectivity index (χ1v) is 4.30. The zero-order valence-electron chi connectivity index (χ0n) is 6.66. The zero-order valence-corrected chi connectivity index (χ0v) is 6.66. The molecule has 2 rings (SSSR count). The molecule has 2 nitrogen and oxygen atoms in total. The smallest absolute Gasteiger partial charge is 0.0984 e. The molecule has 1 atom stereocenters. The molecule has 0 spiro atoms. The fourth-order valence-electron chi connectivity index (χ4n) is 1.68. The SMILES string of the molecule is C1=CNC(N2CCCC2)C=C1. The van der Waals surface area contributed by atoms with Crippen molar-refractivity contribution in [2.24, 2.45) is 0 Å². The highest BCUT2D eigenvalue weighted by Gasteiger charge is 2.18. The monoisotopic (exact) mass is 150 g/mol. The van der Waals surface area contributed by atoms with Gasteiger partial charge in [-0.05, 0) is 31.2 Å². The molecule has 0 saturated carbocycles. The Labute approximate surface area is 67.6 Å². The molecule has 2 aliphatic rings. The lowest BCUT2D eigenvalue weighted by Crippen LogP contribution is -2.41. The maximum atomic E-state index is 3.32. The number of nitrogens with one attached hydrogen (secondary N) is 1. The molecule has 60 valence electrons. The fraction of sp³-hybridized carbons (Fsp3) is 0.556. The largest absolute Gasteiger partial charge is 0.372 e. The molecule has 0 aromatic carbocycles. The number of likely N-dealkylation sites (tertiary alicyclic amines) is 1. The first kappa shape index (κ1) is 6.92. The molecule has 0 radical (unpaired) electrons. The Morgan fingerprint density at radius 3 is 2.64 bits per heavy atom.